The fraction of sp³-hybridized carbons (Fsp3) is 0.400. The maximum Gasteiger partial charge on any atom is 0.238 e. The molecule has 2 aromatic rings. The normalized spacial score (nSPS) is 22.1. The molecule has 156 valence electrons. The van der Waals surface area contributed by atoms with Crippen molar-refractivity contribution in [3.05, 3.63) is 58.1 Å². The fourth-order valence-electron chi connectivity index (χ4n) is 4.21. The number of primary sulfonamides is 1. The van der Waals surface area contributed by atoms with Crippen LogP contribution in [-0.4, -0.2) is 20.5 Å². The summed E-state index contributed by atoms with van der Waals surface area (Å²) in [4.78, 5) is -0.344. The van der Waals surface area contributed by atoms with Crippen molar-refractivity contribution in [3.8, 4) is 5.75 Å². The van der Waals surface area contributed by atoms with Crippen molar-refractivity contribution in [2.75, 3.05) is 0 Å². The predicted octanol–water partition coefficient (Wildman–Crippen LogP) is 3.84. The van der Waals surface area contributed by atoms with Crippen LogP contribution in [0.1, 0.15) is 42.9 Å². The van der Waals surface area contributed by atoms with E-state index in [1.807, 2.05) is 0 Å². The molecule has 0 aromatic heterocycles. The van der Waals surface area contributed by atoms with E-state index >= 15 is 0 Å². The lowest BCUT2D eigenvalue weighted by molar-refractivity contribution is 0.153. The summed E-state index contributed by atoms with van der Waals surface area (Å²) in [6.07, 6.45) is 4.06. The van der Waals surface area contributed by atoms with Gasteiger partial charge in [0.25, 0.3) is 0 Å². The lowest BCUT2D eigenvalue weighted by Gasteiger charge is -2.26. The van der Waals surface area contributed by atoms with Gasteiger partial charge in [-0.15, -0.1) is 0 Å². The zero-order chi connectivity index (χ0) is 20.8. The molecule has 0 unspecified atom stereocenters. The summed E-state index contributed by atoms with van der Waals surface area (Å²) in [6, 6.07) is 6.17. The monoisotopic (exact) mass is 442 g/mol. The number of rotatable bonds is 5. The Balaban J connectivity index is 1.67. The van der Waals surface area contributed by atoms with Gasteiger partial charge in [0, 0.05) is 16.6 Å². The minimum absolute atomic E-state index is 0.131. The average molecular weight is 443 g/mol. The number of benzene rings is 2. The smallest absolute Gasteiger partial charge is 0.238 e. The maximum atomic E-state index is 14.5. The summed E-state index contributed by atoms with van der Waals surface area (Å²) in [7, 11) is -4.03. The third-order valence-corrected chi connectivity index (χ3v) is 6.71. The lowest BCUT2D eigenvalue weighted by atomic mass is 10.1. The van der Waals surface area contributed by atoms with Gasteiger partial charge in [-0.25, -0.2) is 22.3 Å². The number of ether oxygens (including phenoxy) is 1. The molecular formula is C20H21ClF2N2O3S. The summed E-state index contributed by atoms with van der Waals surface area (Å²) in [6.45, 7) is 0. The predicted molar refractivity (Wildman–Crippen MR) is 105 cm³/mol. The minimum atomic E-state index is -4.03. The molecule has 0 heterocycles. The van der Waals surface area contributed by atoms with Gasteiger partial charge in [0.15, 0.2) is 11.6 Å². The van der Waals surface area contributed by atoms with Gasteiger partial charge in [-0.1, -0.05) is 24.4 Å². The molecule has 0 bridgehead atoms. The van der Waals surface area contributed by atoms with Crippen LogP contribution in [0.5, 0.6) is 5.75 Å². The van der Waals surface area contributed by atoms with Crippen molar-refractivity contribution in [1.82, 2.24) is 5.32 Å². The van der Waals surface area contributed by atoms with Crippen molar-refractivity contribution in [3.63, 3.8) is 0 Å². The number of fused-ring (bicyclic) bond motifs is 1. The molecule has 1 saturated carbocycles. The summed E-state index contributed by atoms with van der Waals surface area (Å²) in [5, 5.41) is 8.81. The molecular weight excluding hydrogens is 422 g/mol. The van der Waals surface area contributed by atoms with E-state index in [-0.39, 0.29) is 21.7 Å². The molecule has 1 fully saturated rings. The van der Waals surface area contributed by atoms with Crippen LogP contribution in [0.3, 0.4) is 0 Å². The van der Waals surface area contributed by atoms with Crippen molar-refractivity contribution in [2.24, 2.45) is 5.14 Å². The first-order valence-electron chi connectivity index (χ1n) is 9.45. The quantitative estimate of drug-likeness (QED) is 0.737. The number of halogens is 3. The van der Waals surface area contributed by atoms with Crippen LogP contribution in [0.4, 0.5) is 8.78 Å². The minimum Gasteiger partial charge on any atom is -0.481 e. The topological polar surface area (TPSA) is 81.4 Å². The van der Waals surface area contributed by atoms with Crippen LogP contribution in [-0.2, 0) is 16.4 Å². The van der Waals surface area contributed by atoms with E-state index in [1.54, 1.807) is 6.07 Å². The molecule has 9 heteroatoms. The van der Waals surface area contributed by atoms with Crippen LogP contribution >= 0.6 is 11.6 Å². The van der Waals surface area contributed by atoms with E-state index in [0.717, 1.165) is 31.7 Å². The Kier molecular flexibility index (Phi) is 5.54. The molecule has 0 spiro atoms. The zero-order valence-electron chi connectivity index (χ0n) is 15.5. The Labute approximate surface area is 173 Å². The van der Waals surface area contributed by atoms with Crippen molar-refractivity contribution < 1.29 is 21.9 Å². The van der Waals surface area contributed by atoms with E-state index in [0.29, 0.717) is 23.6 Å². The van der Waals surface area contributed by atoms with Gasteiger partial charge in [-0.3, -0.25) is 0 Å². The first kappa shape index (κ1) is 20.5. The maximum absolute atomic E-state index is 14.5. The molecule has 0 radical (unpaired) electrons. The Morgan fingerprint density at radius 2 is 1.83 bits per heavy atom. The highest BCUT2D eigenvalue weighted by Crippen LogP contribution is 2.40. The third-order valence-electron chi connectivity index (χ3n) is 5.58. The summed E-state index contributed by atoms with van der Waals surface area (Å²) in [5.41, 5.74) is 1.07. The number of hydrogen-bond acceptors (Lipinski definition) is 4. The van der Waals surface area contributed by atoms with E-state index < -0.39 is 27.8 Å². The van der Waals surface area contributed by atoms with Crippen LogP contribution in [0.15, 0.2) is 35.2 Å². The van der Waals surface area contributed by atoms with E-state index in [1.165, 1.54) is 18.2 Å². The number of hydrogen-bond donors (Lipinski definition) is 2. The first-order chi connectivity index (χ1) is 13.7. The second-order valence-corrected chi connectivity index (χ2v) is 9.59. The van der Waals surface area contributed by atoms with Gasteiger partial charge in [-0.2, -0.15) is 0 Å². The van der Waals surface area contributed by atoms with Crippen molar-refractivity contribution in [2.45, 2.75) is 55.2 Å². The Morgan fingerprint density at radius 1 is 1.10 bits per heavy atom. The Bertz CT molecular complexity index is 1040. The highest BCUT2D eigenvalue weighted by molar-refractivity contribution is 7.89. The van der Waals surface area contributed by atoms with E-state index in [4.69, 9.17) is 21.5 Å². The molecule has 0 aliphatic heterocycles. The first-order valence-corrected chi connectivity index (χ1v) is 11.4. The van der Waals surface area contributed by atoms with Crippen molar-refractivity contribution in [1.29, 1.82) is 0 Å². The fourth-order valence-corrected chi connectivity index (χ4v) is 4.95. The standard InChI is InChI=1S/C20H21ClF2N2O3S/c21-11-7-15-14(16(22)8-11)10-18(25-12-3-1-2-4-12)20(15)28-19-6-5-13(9-17(19)23)29(24,26)27/h5-9,12,18,20,25H,1-4,10H2,(H2,24,26,27)/t18-,20-/m0/s1. The number of sulfonamides is 1. The summed E-state index contributed by atoms with van der Waals surface area (Å²) in [5.74, 6) is -1.40. The molecule has 29 heavy (non-hydrogen) atoms. The van der Waals surface area contributed by atoms with Gasteiger partial charge in [-0.05, 0) is 55.2 Å². The highest BCUT2D eigenvalue weighted by atomic mass is 35.5. The summed E-state index contributed by atoms with van der Waals surface area (Å²) < 4.78 is 57.8. The lowest BCUT2D eigenvalue weighted by Crippen LogP contribution is -2.41. The van der Waals surface area contributed by atoms with Gasteiger partial charge in [0.05, 0.1) is 10.9 Å². The zero-order valence-corrected chi connectivity index (χ0v) is 17.1. The van der Waals surface area contributed by atoms with Gasteiger partial charge in [0.2, 0.25) is 10.0 Å². The van der Waals surface area contributed by atoms with Gasteiger partial charge < -0.3 is 10.1 Å². The molecule has 2 aliphatic carbocycles. The molecule has 3 N–H and O–H groups in total. The molecule has 2 aromatic carbocycles. The SMILES string of the molecule is NS(=O)(=O)c1ccc(O[C@H]2c3cc(Cl)cc(F)c3C[C@@H]2NC2CCCC2)c(F)c1. The Morgan fingerprint density at radius 3 is 2.48 bits per heavy atom. The highest BCUT2D eigenvalue weighted by Gasteiger charge is 2.38. The van der Waals surface area contributed by atoms with E-state index in [9.17, 15) is 17.2 Å². The van der Waals surface area contributed by atoms with Gasteiger partial charge in [0.1, 0.15) is 11.9 Å². The van der Waals surface area contributed by atoms with Crippen LogP contribution in [0.25, 0.3) is 0 Å². The molecule has 2 atom stereocenters. The second kappa shape index (κ2) is 7.83. The molecule has 2 aliphatic rings. The van der Waals surface area contributed by atoms with E-state index in [2.05, 4.69) is 5.32 Å². The molecule has 0 saturated heterocycles. The Hall–Kier alpha value is -1.74. The molecule has 5 nitrogen and oxygen atoms in total. The van der Waals surface area contributed by atoms with Gasteiger partial charge >= 0.3 is 0 Å². The molecule has 4 rings (SSSR count). The third kappa shape index (κ3) is 4.26. The number of nitrogens with one attached hydrogen (secondary N) is 1. The molecule has 0 amide bonds. The van der Waals surface area contributed by atoms with Crippen molar-refractivity contribution >= 4 is 21.6 Å². The summed E-state index contributed by atoms with van der Waals surface area (Å²) >= 11 is 6.05. The van der Waals surface area contributed by atoms with Crippen LogP contribution in [0, 0.1) is 11.6 Å². The second-order valence-electron chi connectivity index (χ2n) is 7.59. The average Bonchev–Trinajstić information content (AvgIpc) is 3.25. The number of nitrogens with two attached hydrogens (primary N) is 1. The van der Waals surface area contributed by atoms with Crippen LogP contribution < -0.4 is 15.2 Å². The largest absolute Gasteiger partial charge is 0.481 e. The van der Waals surface area contributed by atoms with Crippen LogP contribution in [0.2, 0.25) is 5.02 Å².